The first kappa shape index (κ1) is 24.5. The van der Waals surface area contributed by atoms with E-state index in [2.05, 4.69) is 66.6 Å². The topological polar surface area (TPSA) is 29.5 Å². The molecular weight excluding hydrogens is 426 g/mol. The normalized spacial score (nSPS) is 26.3. The molecule has 180 valence electrons. The Morgan fingerprint density at radius 1 is 1.03 bits per heavy atom. The van der Waals surface area contributed by atoms with Crippen molar-refractivity contribution in [1.29, 1.82) is 0 Å². The van der Waals surface area contributed by atoms with Crippen LogP contribution in [-0.2, 0) is 21.5 Å². The average molecular weight is 468 g/mol. The van der Waals surface area contributed by atoms with Crippen molar-refractivity contribution in [3.05, 3.63) is 58.3 Å². The molecule has 0 spiro atoms. The van der Waals surface area contributed by atoms with E-state index in [4.69, 9.17) is 4.74 Å². The maximum absolute atomic E-state index is 13.8. The standard InChI is InChI=1S/C29H41NO2S/c1-3-25-18-16-24(15-14-23-11-6-4-7-12-23)17-19-26(25)32-28(31)29(2,27-13-10-22-33-27)30-20-8-5-9-21-30/h4,6-7,10-13,22,24-26H,3,5,8-9,14-21H2,1-2H3/t24?,25?,26-,29?/m0/s1. The number of hydrogen-bond acceptors (Lipinski definition) is 4. The Labute approximate surface area is 204 Å². The summed E-state index contributed by atoms with van der Waals surface area (Å²) >= 11 is 1.69. The lowest BCUT2D eigenvalue weighted by Crippen LogP contribution is -2.53. The number of carbonyl (C=O) groups is 1. The predicted octanol–water partition coefficient (Wildman–Crippen LogP) is 7.21. The van der Waals surface area contributed by atoms with Crippen molar-refractivity contribution >= 4 is 17.3 Å². The zero-order chi connectivity index (χ0) is 23.1. The molecule has 3 nitrogen and oxygen atoms in total. The Kier molecular flexibility index (Phi) is 8.65. The third kappa shape index (κ3) is 5.89. The van der Waals surface area contributed by atoms with E-state index in [-0.39, 0.29) is 12.1 Å². The van der Waals surface area contributed by atoms with Crippen molar-refractivity contribution in [1.82, 2.24) is 4.90 Å². The monoisotopic (exact) mass is 467 g/mol. The second-order valence-electron chi connectivity index (χ2n) is 10.3. The SMILES string of the molecule is CCC1CCC(CCc2ccccc2)CC[C@@H]1OC(=O)C(C)(c1cccs1)N1CCCCC1. The zero-order valence-electron chi connectivity index (χ0n) is 20.5. The average Bonchev–Trinajstić information content (AvgIpc) is 3.34. The summed E-state index contributed by atoms with van der Waals surface area (Å²) in [7, 11) is 0. The maximum atomic E-state index is 13.8. The molecule has 0 N–H and O–H groups in total. The van der Waals surface area contributed by atoms with Crippen LogP contribution in [0, 0.1) is 11.8 Å². The highest BCUT2D eigenvalue weighted by Crippen LogP contribution is 2.38. The molecule has 2 aromatic rings. The highest BCUT2D eigenvalue weighted by atomic mass is 32.1. The molecule has 1 aliphatic heterocycles. The lowest BCUT2D eigenvalue weighted by Gasteiger charge is -2.42. The Hall–Kier alpha value is -1.65. The third-order valence-corrected chi connectivity index (χ3v) is 9.27. The van der Waals surface area contributed by atoms with Crippen molar-refractivity contribution in [3.8, 4) is 0 Å². The van der Waals surface area contributed by atoms with Crippen LogP contribution >= 0.6 is 11.3 Å². The molecule has 1 saturated heterocycles. The molecule has 1 aromatic heterocycles. The fraction of sp³-hybridized carbons (Fsp3) is 0.621. The molecule has 4 rings (SSSR count). The van der Waals surface area contributed by atoms with Crippen LogP contribution in [0.3, 0.4) is 0 Å². The number of aryl methyl sites for hydroxylation is 1. The summed E-state index contributed by atoms with van der Waals surface area (Å²) < 4.78 is 6.45. The molecule has 1 aliphatic carbocycles. The van der Waals surface area contributed by atoms with Crippen molar-refractivity contribution in [3.63, 3.8) is 0 Å². The molecule has 2 aliphatic rings. The quantitative estimate of drug-likeness (QED) is 0.303. The van der Waals surface area contributed by atoms with Gasteiger partial charge in [-0.2, -0.15) is 0 Å². The number of rotatable bonds is 8. The van der Waals surface area contributed by atoms with E-state index < -0.39 is 5.54 Å². The number of likely N-dealkylation sites (tertiary alicyclic amines) is 1. The number of carbonyl (C=O) groups excluding carboxylic acids is 1. The number of esters is 1. The van der Waals surface area contributed by atoms with E-state index >= 15 is 0 Å². The summed E-state index contributed by atoms with van der Waals surface area (Å²) in [6, 6.07) is 15.0. The highest BCUT2D eigenvalue weighted by molar-refractivity contribution is 7.10. The summed E-state index contributed by atoms with van der Waals surface area (Å²) in [4.78, 5) is 17.3. The number of thiophene rings is 1. The van der Waals surface area contributed by atoms with E-state index in [0.29, 0.717) is 5.92 Å². The molecule has 0 radical (unpaired) electrons. The van der Waals surface area contributed by atoms with Gasteiger partial charge in [0.1, 0.15) is 6.10 Å². The van der Waals surface area contributed by atoms with E-state index in [1.807, 2.05) is 0 Å². The first-order valence-corrected chi connectivity index (χ1v) is 14.0. The van der Waals surface area contributed by atoms with Gasteiger partial charge in [0.15, 0.2) is 5.54 Å². The van der Waals surface area contributed by atoms with Crippen LogP contribution in [0.1, 0.15) is 82.1 Å². The first-order chi connectivity index (χ1) is 16.1. The van der Waals surface area contributed by atoms with E-state index in [1.165, 1.54) is 50.5 Å². The van der Waals surface area contributed by atoms with Crippen molar-refractivity contribution in [2.75, 3.05) is 13.1 Å². The van der Waals surface area contributed by atoms with Gasteiger partial charge in [0.2, 0.25) is 0 Å². The van der Waals surface area contributed by atoms with Crippen molar-refractivity contribution < 1.29 is 9.53 Å². The number of hydrogen-bond donors (Lipinski definition) is 0. The zero-order valence-corrected chi connectivity index (χ0v) is 21.3. The maximum Gasteiger partial charge on any atom is 0.332 e. The van der Waals surface area contributed by atoms with Gasteiger partial charge >= 0.3 is 5.97 Å². The van der Waals surface area contributed by atoms with Crippen LogP contribution < -0.4 is 0 Å². The minimum atomic E-state index is -0.661. The second-order valence-corrected chi connectivity index (χ2v) is 11.2. The molecular formula is C29H41NO2S. The van der Waals surface area contributed by atoms with Crippen LogP contribution in [0.2, 0.25) is 0 Å². The van der Waals surface area contributed by atoms with Gasteiger partial charge in [-0.1, -0.05) is 56.2 Å². The van der Waals surface area contributed by atoms with Gasteiger partial charge < -0.3 is 4.74 Å². The van der Waals surface area contributed by atoms with Gasteiger partial charge in [0, 0.05) is 4.88 Å². The van der Waals surface area contributed by atoms with E-state index in [9.17, 15) is 4.79 Å². The predicted molar refractivity (Wildman–Crippen MR) is 137 cm³/mol. The van der Waals surface area contributed by atoms with Crippen LogP contribution in [0.5, 0.6) is 0 Å². The molecule has 0 bridgehead atoms. The van der Waals surface area contributed by atoms with Gasteiger partial charge in [-0.3, -0.25) is 4.90 Å². The Morgan fingerprint density at radius 3 is 2.48 bits per heavy atom. The van der Waals surface area contributed by atoms with Crippen LogP contribution in [0.4, 0.5) is 0 Å². The van der Waals surface area contributed by atoms with Crippen LogP contribution in [0.25, 0.3) is 0 Å². The first-order valence-electron chi connectivity index (χ1n) is 13.1. The highest BCUT2D eigenvalue weighted by Gasteiger charge is 2.45. The Balaban J connectivity index is 1.42. The summed E-state index contributed by atoms with van der Waals surface area (Å²) in [6.45, 7) is 6.32. The number of ether oxygens (including phenoxy) is 1. The lowest BCUT2D eigenvalue weighted by molar-refractivity contribution is -0.168. The van der Waals surface area contributed by atoms with Gasteiger partial charge in [-0.05, 0) is 100 Å². The molecule has 2 fully saturated rings. The molecule has 1 aromatic carbocycles. The minimum absolute atomic E-state index is 0.0296. The molecule has 2 heterocycles. The van der Waals surface area contributed by atoms with Crippen molar-refractivity contribution in [2.45, 2.75) is 89.7 Å². The molecule has 1 saturated carbocycles. The fourth-order valence-electron chi connectivity index (χ4n) is 5.88. The summed E-state index contributed by atoms with van der Waals surface area (Å²) in [5.74, 6) is 1.18. The largest absolute Gasteiger partial charge is 0.460 e. The third-order valence-electron chi connectivity index (χ3n) is 8.18. The molecule has 4 heteroatoms. The van der Waals surface area contributed by atoms with Gasteiger partial charge in [-0.15, -0.1) is 11.3 Å². The molecule has 33 heavy (non-hydrogen) atoms. The molecule has 4 atom stereocenters. The number of nitrogens with zero attached hydrogens (tertiary/aromatic N) is 1. The molecule has 0 amide bonds. The fourth-order valence-corrected chi connectivity index (χ4v) is 6.78. The smallest absolute Gasteiger partial charge is 0.332 e. The van der Waals surface area contributed by atoms with Crippen LogP contribution in [0.15, 0.2) is 47.8 Å². The molecule has 3 unspecified atom stereocenters. The van der Waals surface area contributed by atoms with Crippen molar-refractivity contribution in [2.24, 2.45) is 11.8 Å². The summed E-state index contributed by atoms with van der Waals surface area (Å²) in [5, 5.41) is 2.09. The number of piperidine rings is 1. The number of benzene rings is 1. The van der Waals surface area contributed by atoms with E-state index in [0.717, 1.165) is 43.1 Å². The lowest BCUT2D eigenvalue weighted by atomic mass is 9.91. The second kappa shape index (κ2) is 11.7. The van der Waals surface area contributed by atoms with Gasteiger partial charge in [-0.25, -0.2) is 4.79 Å². The Bertz CT molecular complexity index is 846. The van der Waals surface area contributed by atoms with E-state index in [1.54, 1.807) is 11.3 Å². The van der Waals surface area contributed by atoms with Gasteiger partial charge in [0.05, 0.1) is 0 Å². The van der Waals surface area contributed by atoms with Gasteiger partial charge in [0.25, 0.3) is 0 Å². The Morgan fingerprint density at radius 2 is 1.79 bits per heavy atom. The summed E-state index contributed by atoms with van der Waals surface area (Å²) in [5.41, 5.74) is 0.774. The minimum Gasteiger partial charge on any atom is -0.460 e. The summed E-state index contributed by atoms with van der Waals surface area (Å²) in [6.07, 6.45) is 11.7. The van der Waals surface area contributed by atoms with Crippen LogP contribution in [-0.4, -0.2) is 30.1 Å².